The lowest BCUT2D eigenvalue weighted by atomic mass is 10.0. The zero-order valence-corrected chi connectivity index (χ0v) is 13.8. The fourth-order valence-corrected chi connectivity index (χ4v) is 2.63. The minimum absolute atomic E-state index is 0.0231. The number of nitrogens with one attached hydrogen (secondary N) is 3. The highest BCUT2D eigenvalue weighted by molar-refractivity contribution is 5.94. The van der Waals surface area contributed by atoms with E-state index in [9.17, 15) is 14.4 Å². The summed E-state index contributed by atoms with van der Waals surface area (Å²) in [4.78, 5) is 37.6. The number of anilines is 1. The van der Waals surface area contributed by atoms with Crippen LogP contribution in [0.4, 0.5) is 5.69 Å². The summed E-state index contributed by atoms with van der Waals surface area (Å²) in [5.41, 5.74) is 2.22. The van der Waals surface area contributed by atoms with Crippen molar-refractivity contribution < 1.29 is 14.3 Å². The second-order valence-corrected chi connectivity index (χ2v) is 5.86. The highest BCUT2D eigenvalue weighted by Crippen LogP contribution is 2.26. The SMILES string of the molecule is Cc1ccc(C(=O)NCCOc2ccc3c(c2)CCC(=O)N3)c(=O)[nH]1. The van der Waals surface area contributed by atoms with Gasteiger partial charge < -0.3 is 20.4 Å². The normalized spacial score (nSPS) is 12.9. The Morgan fingerprint density at radius 2 is 2.04 bits per heavy atom. The standard InChI is InChI=1S/C18H19N3O4/c1-11-2-5-14(18(24)20-11)17(23)19-8-9-25-13-4-6-15-12(10-13)3-7-16(22)21-15/h2,4-6,10H,3,7-9H2,1H3,(H,19,23)(H,20,24)(H,21,22). The van der Waals surface area contributed by atoms with E-state index in [1.807, 2.05) is 12.1 Å². The van der Waals surface area contributed by atoms with Gasteiger partial charge in [0.2, 0.25) is 5.91 Å². The van der Waals surface area contributed by atoms with Crippen LogP contribution in [0.15, 0.2) is 35.1 Å². The number of pyridine rings is 1. The van der Waals surface area contributed by atoms with Gasteiger partial charge in [0.05, 0.1) is 6.54 Å². The summed E-state index contributed by atoms with van der Waals surface area (Å²) in [5, 5.41) is 5.47. The van der Waals surface area contributed by atoms with Gasteiger partial charge in [0.15, 0.2) is 0 Å². The first-order chi connectivity index (χ1) is 12.0. The first-order valence-electron chi connectivity index (χ1n) is 8.06. The number of amides is 2. The van der Waals surface area contributed by atoms with Crippen LogP contribution in [0, 0.1) is 6.92 Å². The van der Waals surface area contributed by atoms with Gasteiger partial charge >= 0.3 is 0 Å². The summed E-state index contributed by atoms with van der Waals surface area (Å²) < 4.78 is 5.62. The van der Waals surface area contributed by atoms with E-state index in [1.165, 1.54) is 6.07 Å². The van der Waals surface area contributed by atoms with E-state index in [-0.39, 0.29) is 24.6 Å². The van der Waals surface area contributed by atoms with E-state index >= 15 is 0 Å². The maximum atomic E-state index is 12.0. The maximum absolute atomic E-state index is 12.0. The summed E-state index contributed by atoms with van der Waals surface area (Å²) in [6, 6.07) is 8.66. The maximum Gasteiger partial charge on any atom is 0.260 e. The van der Waals surface area contributed by atoms with Gasteiger partial charge in [-0.15, -0.1) is 0 Å². The molecular weight excluding hydrogens is 322 g/mol. The predicted octanol–water partition coefficient (Wildman–Crippen LogP) is 1.38. The Balaban J connectivity index is 1.51. The van der Waals surface area contributed by atoms with Gasteiger partial charge in [-0.2, -0.15) is 0 Å². The Morgan fingerprint density at radius 1 is 1.20 bits per heavy atom. The Labute approximate surface area is 144 Å². The summed E-state index contributed by atoms with van der Waals surface area (Å²) in [6.07, 6.45) is 1.16. The second kappa shape index (κ2) is 7.21. The molecule has 1 aromatic carbocycles. The minimum Gasteiger partial charge on any atom is -0.492 e. The van der Waals surface area contributed by atoms with Gasteiger partial charge in [-0.3, -0.25) is 14.4 Å². The van der Waals surface area contributed by atoms with Crippen molar-refractivity contribution >= 4 is 17.5 Å². The van der Waals surface area contributed by atoms with E-state index in [1.54, 1.807) is 19.1 Å². The molecule has 0 radical (unpaired) electrons. The zero-order valence-electron chi connectivity index (χ0n) is 13.8. The van der Waals surface area contributed by atoms with Crippen molar-refractivity contribution in [1.29, 1.82) is 0 Å². The third kappa shape index (κ3) is 4.06. The molecule has 1 aliphatic heterocycles. The number of hydrogen-bond donors (Lipinski definition) is 3. The van der Waals surface area contributed by atoms with Crippen LogP contribution < -0.4 is 20.9 Å². The molecule has 3 rings (SSSR count). The third-order valence-electron chi connectivity index (χ3n) is 3.93. The summed E-state index contributed by atoms with van der Waals surface area (Å²) in [7, 11) is 0. The van der Waals surface area contributed by atoms with Gasteiger partial charge in [-0.1, -0.05) is 0 Å². The van der Waals surface area contributed by atoms with Crippen molar-refractivity contribution in [3.05, 3.63) is 57.5 Å². The van der Waals surface area contributed by atoms with E-state index in [4.69, 9.17) is 4.74 Å². The highest BCUT2D eigenvalue weighted by Gasteiger charge is 2.15. The molecule has 7 nitrogen and oxygen atoms in total. The zero-order chi connectivity index (χ0) is 17.8. The van der Waals surface area contributed by atoms with Crippen molar-refractivity contribution in [2.24, 2.45) is 0 Å². The van der Waals surface area contributed by atoms with Gasteiger partial charge in [0.25, 0.3) is 11.5 Å². The number of aryl methyl sites for hydroxylation is 2. The molecule has 0 saturated heterocycles. The van der Waals surface area contributed by atoms with Crippen LogP contribution in [0.5, 0.6) is 5.75 Å². The molecule has 1 aliphatic rings. The number of hydrogen-bond acceptors (Lipinski definition) is 4. The van der Waals surface area contributed by atoms with Gasteiger partial charge in [0.1, 0.15) is 17.9 Å². The Hall–Kier alpha value is -3.09. The molecule has 25 heavy (non-hydrogen) atoms. The monoisotopic (exact) mass is 341 g/mol. The molecular formula is C18H19N3O4. The number of benzene rings is 1. The third-order valence-corrected chi connectivity index (χ3v) is 3.93. The number of fused-ring (bicyclic) bond motifs is 1. The molecule has 0 aliphatic carbocycles. The minimum atomic E-state index is -0.432. The molecule has 0 saturated carbocycles. The predicted molar refractivity (Wildman–Crippen MR) is 93.0 cm³/mol. The van der Waals surface area contributed by atoms with Gasteiger partial charge in [0, 0.05) is 17.8 Å². The van der Waals surface area contributed by atoms with Crippen molar-refractivity contribution in [2.45, 2.75) is 19.8 Å². The largest absolute Gasteiger partial charge is 0.492 e. The topological polar surface area (TPSA) is 100 Å². The van der Waals surface area contributed by atoms with Crippen LogP contribution >= 0.6 is 0 Å². The summed E-state index contributed by atoms with van der Waals surface area (Å²) in [6.45, 7) is 2.31. The summed E-state index contributed by atoms with van der Waals surface area (Å²) >= 11 is 0. The lowest BCUT2D eigenvalue weighted by Gasteiger charge is -2.17. The van der Waals surface area contributed by atoms with Crippen LogP contribution in [0.25, 0.3) is 0 Å². The Bertz CT molecular complexity index is 873. The molecule has 7 heteroatoms. The number of carbonyl (C=O) groups excluding carboxylic acids is 2. The van der Waals surface area contributed by atoms with Crippen LogP contribution in [0.2, 0.25) is 0 Å². The number of aromatic nitrogens is 1. The van der Waals surface area contributed by atoms with Gasteiger partial charge in [-0.05, 0) is 49.2 Å². The van der Waals surface area contributed by atoms with Crippen molar-refractivity contribution in [2.75, 3.05) is 18.5 Å². The molecule has 0 spiro atoms. The molecule has 0 bridgehead atoms. The number of carbonyl (C=O) groups is 2. The average molecular weight is 341 g/mol. The van der Waals surface area contributed by atoms with E-state index < -0.39 is 11.5 Å². The van der Waals surface area contributed by atoms with Gasteiger partial charge in [-0.25, -0.2) is 0 Å². The molecule has 130 valence electrons. The lowest BCUT2D eigenvalue weighted by molar-refractivity contribution is -0.116. The first kappa shape index (κ1) is 16.8. The molecule has 3 N–H and O–H groups in total. The average Bonchev–Trinajstić information content (AvgIpc) is 2.58. The smallest absolute Gasteiger partial charge is 0.260 e. The molecule has 2 aromatic rings. The molecule has 2 amide bonds. The highest BCUT2D eigenvalue weighted by atomic mass is 16.5. The quantitative estimate of drug-likeness (QED) is 0.715. The van der Waals surface area contributed by atoms with Crippen molar-refractivity contribution in [3.8, 4) is 5.75 Å². The van der Waals surface area contributed by atoms with Crippen LogP contribution in [-0.2, 0) is 11.2 Å². The van der Waals surface area contributed by atoms with Crippen LogP contribution in [-0.4, -0.2) is 29.9 Å². The number of H-pyrrole nitrogens is 1. The summed E-state index contributed by atoms with van der Waals surface area (Å²) in [5.74, 6) is 0.269. The Kier molecular flexibility index (Phi) is 4.83. The molecule has 0 fully saturated rings. The molecule has 2 heterocycles. The van der Waals surface area contributed by atoms with E-state index in [0.29, 0.717) is 24.3 Å². The molecule has 1 aromatic heterocycles. The fraction of sp³-hybridized carbons (Fsp3) is 0.278. The Morgan fingerprint density at radius 3 is 2.84 bits per heavy atom. The lowest BCUT2D eigenvalue weighted by Crippen LogP contribution is -2.32. The van der Waals surface area contributed by atoms with E-state index in [0.717, 1.165) is 11.3 Å². The molecule has 0 unspecified atom stereocenters. The number of rotatable bonds is 5. The van der Waals surface area contributed by atoms with Crippen LogP contribution in [0.1, 0.15) is 28.0 Å². The first-order valence-corrected chi connectivity index (χ1v) is 8.06. The number of ether oxygens (including phenoxy) is 1. The van der Waals surface area contributed by atoms with Crippen molar-refractivity contribution in [3.63, 3.8) is 0 Å². The van der Waals surface area contributed by atoms with Crippen molar-refractivity contribution in [1.82, 2.24) is 10.3 Å². The van der Waals surface area contributed by atoms with E-state index in [2.05, 4.69) is 15.6 Å². The van der Waals surface area contributed by atoms with Crippen LogP contribution in [0.3, 0.4) is 0 Å². The second-order valence-electron chi connectivity index (χ2n) is 5.86. The fourth-order valence-electron chi connectivity index (χ4n) is 2.63. The molecule has 0 atom stereocenters. The number of aromatic amines is 1.